The highest BCUT2D eigenvalue weighted by molar-refractivity contribution is 5.90. The molecule has 3 rings (SSSR count). The third kappa shape index (κ3) is 3.78. The first-order valence-corrected chi connectivity index (χ1v) is 8.78. The van der Waals surface area contributed by atoms with Gasteiger partial charge in [0.05, 0.1) is 12.5 Å². The van der Waals surface area contributed by atoms with Crippen molar-refractivity contribution in [2.75, 3.05) is 25.0 Å². The summed E-state index contributed by atoms with van der Waals surface area (Å²) in [7, 11) is 0. The molecule has 2 heterocycles. The fraction of sp³-hybridized carbons (Fsp3) is 0.474. The van der Waals surface area contributed by atoms with Gasteiger partial charge in [0.25, 0.3) is 0 Å². The minimum atomic E-state index is -0.0762. The minimum Gasteiger partial charge on any atom is -0.342 e. The Kier molecular flexibility index (Phi) is 5.18. The van der Waals surface area contributed by atoms with E-state index in [0.29, 0.717) is 13.0 Å². The fourth-order valence-corrected chi connectivity index (χ4v) is 3.31. The van der Waals surface area contributed by atoms with E-state index < -0.39 is 0 Å². The van der Waals surface area contributed by atoms with Crippen LogP contribution in [0.2, 0.25) is 0 Å². The van der Waals surface area contributed by atoms with Gasteiger partial charge in [-0.15, -0.1) is 0 Å². The van der Waals surface area contributed by atoms with Crippen molar-refractivity contribution >= 4 is 17.6 Å². The van der Waals surface area contributed by atoms with E-state index in [2.05, 4.69) is 18.3 Å². The van der Waals surface area contributed by atoms with E-state index in [1.165, 1.54) is 0 Å². The highest BCUT2D eigenvalue weighted by Gasteiger charge is 2.23. The summed E-state index contributed by atoms with van der Waals surface area (Å²) in [6, 6.07) is 7.69. The van der Waals surface area contributed by atoms with E-state index in [0.717, 1.165) is 43.6 Å². The second-order valence-corrected chi connectivity index (χ2v) is 6.45. The molecule has 0 aromatic heterocycles. The van der Waals surface area contributed by atoms with Crippen LogP contribution >= 0.6 is 0 Å². The Bertz CT molecular complexity index is 618. The highest BCUT2D eigenvalue weighted by atomic mass is 16.2. The molecule has 2 aliphatic rings. The van der Waals surface area contributed by atoms with Crippen molar-refractivity contribution in [3.05, 3.63) is 42.0 Å². The van der Waals surface area contributed by atoms with Gasteiger partial charge >= 0.3 is 6.03 Å². The van der Waals surface area contributed by atoms with Gasteiger partial charge in [0.2, 0.25) is 5.91 Å². The normalized spacial score (nSPS) is 19.8. The first-order chi connectivity index (χ1) is 11.7. The molecule has 0 saturated carbocycles. The Hall–Kier alpha value is -2.30. The third-order valence-electron chi connectivity index (χ3n) is 4.76. The van der Waals surface area contributed by atoms with E-state index in [9.17, 15) is 9.59 Å². The maximum absolute atomic E-state index is 12.3. The average molecular weight is 327 g/mol. The Morgan fingerprint density at radius 1 is 1.17 bits per heavy atom. The van der Waals surface area contributed by atoms with Gasteiger partial charge in [-0.3, -0.25) is 4.79 Å². The number of hydrogen-bond donors (Lipinski definition) is 1. The molecule has 0 aliphatic carbocycles. The van der Waals surface area contributed by atoms with Gasteiger partial charge in [-0.05, 0) is 37.0 Å². The van der Waals surface area contributed by atoms with Crippen molar-refractivity contribution in [3.8, 4) is 0 Å². The van der Waals surface area contributed by atoms with E-state index >= 15 is 0 Å². The highest BCUT2D eigenvalue weighted by Crippen LogP contribution is 2.17. The molecule has 0 radical (unpaired) electrons. The van der Waals surface area contributed by atoms with Crippen molar-refractivity contribution in [2.24, 2.45) is 0 Å². The zero-order valence-electron chi connectivity index (χ0n) is 14.2. The van der Waals surface area contributed by atoms with E-state index in [4.69, 9.17) is 0 Å². The molecule has 1 N–H and O–H groups in total. The van der Waals surface area contributed by atoms with Crippen LogP contribution in [0, 0.1) is 0 Å². The summed E-state index contributed by atoms with van der Waals surface area (Å²) in [5, 5.41) is 2.94. The Labute approximate surface area is 143 Å². The number of nitrogens with zero attached hydrogens (tertiary/aromatic N) is 2. The number of hydrogen-bond acceptors (Lipinski definition) is 2. The number of rotatable bonds is 4. The van der Waals surface area contributed by atoms with Crippen molar-refractivity contribution in [3.63, 3.8) is 0 Å². The smallest absolute Gasteiger partial charge is 0.322 e. The molecule has 1 atom stereocenters. The van der Waals surface area contributed by atoms with Crippen LogP contribution in [0.25, 0.3) is 0 Å². The second-order valence-electron chi connectivity index (χ2n) is 6.45. The first kappa shape index (κ1) is 16.6. The molecule has 1 saturated heterocycles. The van der Waals surface area contributed by atoms with Crippen molar-refractivity contribution in [1.82, 2.24) is 9.80 Å². The number of carbonyl (C=O) groups is 2. The Balaban J connectivity index is 1.54. The number of urea groups is 1. The number of nitrogens with one attached hydrogen (secondary N) is 1. The van der Waals surface area contributed by atoms with E-state index in [1.807, 2.05) is 40.1 Å². The lowest BCUT2D eigenvalue weighted by atomic mass is 10.1. The average Bonchev–Trinajstić information content (AvgIpc) is 3.28. The van der Waals surface area contributed by atoms with Gasteiger partial charge in [0.15, 0.2) is 0 Å². The molecule has 5 heteroatoms. The number of likely N-dealkylation sites (tertiary alicyclic amines) is 1. The summed E-state index contributed by atoms with van der Waals surface area (Å²) >= 11 is 0. The summed E-state index contributed by atoms with van der Waals surface area (Å²) in [5.74, 6) is 0.193. The molecule has 1 aromatic carbocycles. The maximum atomic E-state index is 12.3. The van der Waals surface area contributed by atoms with Crippen molar-refractivity contribution < 1.29 is 9.59 Å². The van der Waals surface area contributed by atoms with Gasteiger partial charge in [0, 0.05) is 25.3 Å². The number of amides is 3. The number of carbonyl (C=O) groups excluding carboxylic acids is 2. The monoisotopic (exact) mass is 327 g/mol. The summed E-state index contributed by atoms with van der Waals surface area (Å²) in [6.07, 6.45) is 7.68. The molecule has 3 amide bonds. The van der Waals surface area contributed by atoms with Crippen LogP contribution in [0.4, 0.5) is 10.5 Å². The topological polar surface area (TPSA) is 52.7 Å². The van der Waals surface area contributed by atoms with Crippen LogP contribution in [-0.2, 0) is 11.2 Å². The fourth-order valence-electron chi connectivity index (χ4n) is 3.31. The lowest BCUT2D eigenvalue weighted by Gasteiger charge is -2.24. The molecule has 2 aliphatic heterocycles. The second kappa shape index (κ2) is 7.51. The SMILES string of the molecule is CC[C@@H]1C=CCN1C(=O)Nc1ccc(CC(=O)N2CCCC2)cc1. The predicted octanol–water partition coefficient (Wildman–Crippen LogP) is 3.03. The van der Waals surface area contributed by atoms with Gasteiger partial charge in [-0.25, -0.2) is 4.79 Å². The van der Waals surface area contributed by atoms with Crippen LogP contribution in [0.15, 0.2) is 36.4 Å². The third-order valence-corrected chi connectivity index (χ3v) is 4.76. The lowest BCUT2D eigenvalue weighted by Crippen LogP contribution is -2.38. The lowest BCUT2D eigenvalue weighted by molar-refractivity contribution is -0.129. The molecule has 0 spiro atoms. The Morgan fingerprint density at radius 2 is 1.88 bits per heavy atom. The molecule has 5 nitrogen and oxygen atoms in total. The zero-order chi connectivity index (χ0) is 16.9. The molecule has 0 bridgehead atoms. The van der Waals surface area contributed by atoms with Crippen LogP contribution in [0.1, 0.15) is 31.7 Å². The summed E-state index contributed by atoms with van der Waals surface area (Å²) in [4.78, 5) is 28.3. The molecule has 0 unspecified atom stereocenters. The molecular formula is C19H25N3O2. The maximum Gasteiger partial charge on any atom is 0.322 e. The largest absolute Gasteiger partial charge is 0.342 e. The Morgan fingerprint density at radius 3 is 2.54 bits per heavy atom. The van der Waals surface area contributed by atoms with Crippen LogP contribution in [0.3, 0.4) is 0 Å². The van der Waals surface area contributed by atoms with Crippen molar-refractivity contribution in [1.29, 1.82) is 0 Å². The van der Waals surface area contributed by atoms with Crippen LogP contribution in [0.5, 0.6) is 0 Å². The molecule has 128 valence electrons. The first-order valence-electron chi connectivity index (χ1n) is 8.78. The molecular weight excluding hydrogens is 302 g/mol. The summed E-state index contributed by atoms with van der Waals surface area (Å²) in [5.41, 5.74) is 1.75. The van der Waals surface area contributed by atoms with Gasteiger partial charge in [-0.1, -0.05) is 31.2 Å². The zero-order valence-corrected chi connectivity index (χ0v) is 14.2. The van der Waals surface area contributed by atoms with Gasteiger partial charge < -0.3 is 15.1 Å². The minimum absolute atomic E-state index is 0.0762. The molecule has 24 heavy (non-hydrogen) atoms. The van der Waals surface area contributed by atoms with Crippen LogP contribution < -0.4 is 5.32 Å². The van der Waals surface area contributed by atoms with Crippen LogP contribution in [-0.4, -0.2) is 47.4 Å². The number of anilines is 1. The molecule has 1 fully saturated rings. The molecule has 1 aromatic rings. The van der Waals surface area contributed by atoms with Gasteiger partial charge in [0.1, 0.15) is 0 Å². The predicted molar refractivity (Wildman–Crippen MR) is 94.9 cm³/mol. The van der Waals surface area contributed by atoms with E-state index in [1.54, 1.807) is 0 Å². The number of benzene rings is 1. The summed E-state index contributed by atoms with van der Waals surface area (Å²) < 4.78 is 0. The quantitative estimate of drug-likeness (QED) is 0.864. The standard InChI is InChI=1S/C19H25N3O2/c1-2-17-6-5-13-22(17)19(24)20-16-9-7-15(8-10-16)14-18(23)21-11-3-4-12-21/h5-10,17H,2-4,11-14H2,1H3,(H,20,24)/t17-/m1/s1. The van der Waals surface area contributed by atoms with Crippen molar-refractivity contribution in [2.45, 2.75) is 38.6 Å². The van der Waals surface area contributed by atoms with Gasteiger partial charge in [-0.2, -0.15) is 0 Å². The summed E-state index contributed by atoms with van der Waals surface area (Å²) in [6.45, 7) is 4.50. The van der Waals surface area contributed by atoms with E-state index in [-0.39, 0.29) is 18.0 Å².